The van der Waals surface area contributed by atoms with Crippen molar-refractivity contribution in [3.8, 4) is 0 Å². The van der Waals surface area contributed by atoms with Gasteiger partial charge in [0.1, 0.15) is 9.90 Å². The number of nitrogens with one attached hydrogen (secondary N) is 2. The Balaban J connectivity index is 2.48. The van der Waals surface area contributed by atoms with Crippen molar-refractivity contribution in [3.63, 3.8) is 0 Å². The summed E-state index contributed by atoms with van der Waals surface area (Å²) in [6.07, 6.45) is 4.42. The lowest BCUT2D eigenvalue weighted by molar-refractivity contribution is 0.102. The minimum absolute atomic E-state index is 0.0110. The molecular formula is C12H16N4O3S2. The third-order valence-corrected chi connectivity index (χ3v) is 5.49. The molecule has 9 heteroatoms. The van der Waals surface area contributed by atoms with Gasteiger partial charge >= 0.3 is 0 Å². The topological polar surface area (TPSA) is 118 Å². The molecule has 0 aliphatic rings. The smallest absolute Gasteiger partial charge is 0.180 e. The standard InChI is InChI=1S/C12H16N4O3S2/c1-6(8-4-14-15-5-8)16-12-11(21(3,18)19)9(13)10(20-12)7(2)17/h4-6,16H,13H2,1-3H3,(H,14,15). The Hall–Kier alpha value is -1.87. The molecule has 0 aliphatic heterocycles. The van der Waals surface area contributed by atoms with Crippen LogP contribution in [0.2, 0.25) is 0 Å². The van der Waals surface area contributed by atoms with Crippen molar-refractivity contribution < 1.29 is 13.2 Å². The normalized spacial score (nSPS) is 13.1. The predicted octanol–water partition coefficient (Wildman–Crippen LogP) is 1.83. The predicted molar refractivity (Wildman–Crippen MR) is 82.5 cm³/mol. The summed E-state index contributed by atoms with van der Waals surface area (Å²) >= 11 is 1.05. The number of aromatic amines is 1. The Labute approximate surface area is 126 Å². The molecule has 1 atom stereocenters. The molecular weight excluding hydrogens is 312 g/mol. The highest BCUT2D eigenvalue weighted by Gasteiger charge is 2.26. The molecule has 2 aromatic heterocycles. The van der Waals surface area contributed by atoms with Crippen molar-refractivity contribution >= 4 is 37.6 Å². The van der Waals surface area contributed by atoms with Gasteiger partial charge in [0.25, 0.3) is 0 Å². The summed E-state index contributed by atoms with van der Waals surface area (Å²) in [5, 5.41) is 9.99. The molecule has 0 aromatic carbocycles. The number of ketones is 1. The van der Waals surface area contributed by atoms with Crippen molar-refractivity contribution in [2.45, 2.75) is 24.8 Å². The number of carbonyl (C=O) groups is 1. The Morgan fingerprint density at radius 1 is 1.52 bits per heavy atom. The molecule has 1 unspecified atom stereocenters. The molecule has 2 rings (SSSR count). The second-order valence-corrected chi connectivity index (χ2v) is 7.70. The molecule has 0 saturated carbocycles. The number of aromatic nitrogens is 2. The van der Waals surface area contributed by atoms with Gasteiger partial charge in [-0.3, -0.25) is 9.89 Å². The minimum atomic E-state index is -3.54. The van der Waals surface area contributed by atoms with E-state index in [0.717, 1.165) is 23.2 Å². The molecule has 0 saturated heterocycles. The van der Waals surface area contributed by atoms with Crippen molar-refractivity contribution in [1.29, 1.82) is 0 Å². The largest absolute Gasteiger partial charge is 0.396 e. The Morgan fingerprint density at radius 2 is 2.19 bits per heavy atom. The average Bonchev–Trinajstić information content (AvgIpc) is 2.95. The van der Waals surface area contributed by atoms with E-state index < -0.39 is 9.84 Å². The highest BCUT2D eigenvalue weighted by Crippen LogP contribution is 2.40. The van der Waals surface area contributed by atoms with E-state index in [0.29, 0.717) is 5.00 Å². The lowest BCUT2D eigenvalue weighted by Gasteiger charge is -2.13. The van der Waals surface area contributed by atoms with Crippen LogP contribution >= 0.6 is 11.3 Å². The number of nitrogen functional groups attached to an aromatic ring is 1. The monoisotopic (exact) mass is 328 g/mol. The highest BCUT2D eigenvalue weighted by molar-refractivity contribution is 7.91. The molecule has 2 heterocycles. The third-order valence-electron chi connectivity index (χ3n) is 2.96. The molecule has 0 aliphatic carbocycles. The van der Waals surface area contributed by atoms with Crippen molar-refractivity contribution in [2.24, 2.45) is 0 Å². The summed E-state index contributed by atoms with van der Waals surface area (Å²) in [5.41, 5.74) is 6.72. The van der Waals surface area contributed by atoms with Gasteiger partial charge in [-0.1, -0.05) is 0 Å². The van der Waals surface area contributed by atoms with Crippen LogP contribution in [-0.4, -0.2) is 30.7 Å². The van der Waals surface area contributed by atoms with Gasteiger partial charge in [-0.05, 0) is 6.92 Å². The lowest BCUT2D eigenvalue weighted by Crippen LogP contribution is -2.09. The van der Waals surface area contributed by atoms with E-state index in [-0.39, 0.29) is 27.3 Å². The number of nitrogens with two attached hydrogens (primary N) is 1. The van der Waals surface area contributed by atoms with Crippen LogP contribution in [0, 0.1) is 0 Å². The highest BCUT2D eigenvalue weighted by atomic mass is 32.2. The number of sulfone groups is 1. The summed E-state index contributed by atoms with van der Waals surface area (Å²) in [5.74, 6) is -0.258. The first-order chi connectivity index (χ1) is 9.71. The number of Topliss-reactive ketones (excluding diaryl/α,β-unsaturated/α-hetero) is 1. The summed E-state index contributed by atoms with van der Waals surface area (Å²) in [7, 11) is -3.54. The molecule has 21 heavy (non-hydrogen) atoms. The maximum atomic E-state index is 11.9. The zero-order valence-corrected chi connectivity index (χ0v) is 13.4. The Kier molecular flexibility index (Phi) is 4.06. The molecule has 4 N–H and O–H groups in total. The summed E-state index contributed by atoms with van der Waals surface area (Å²) < 4.78 is 23.9. The number of hydrogen-bond donors (Lipinski definition) is 3. The average molecular weight is 328 g/mol. The molecule has 0 bridgehead atoms. The molecule has 0 spiro atoms. The SMILES string of the molecule is CC(=O)c1sc(NC(C)c2cn[nH]c2)c(S(C)(=O)=O)c1N. The van der Waals surface area contributed by atoms with Crippen LogP contribution in [0.25, 0.3) is 0 Å². The van der Waals surface area contributed by atoms with Gasteiger partial charge in [0.2, 0.25) is 0 Å². The van der Waals surface area contributed by atoms with Crippen LogP contribution in [0.15, 0.2) is 17.3 Å². The van der Waals surface area contributed by atoms with E-state index in [1.807, 2.05) is 6.92 Å². The number of H-pyrrole nitrogens is 1. The molecule has 0 fully saturated rings. The van der Waals surface area contributed by atoms with E-state index in [1.165, 1.54) is 6.92 Å². The van der Waals surface area contributed by atoms with E-state index in [1.54, 1.807) is 12.4 Å². The first-order valence-electron chi connectivity index (χ1n) is 6.10. The Morgan fingerprint density at radius 3 is 2.67 bits per heavy atom. The lowest BCUT2D eigenvalue weighted by atomic mass is 10.2. The van der Waals surface area contributed by atoms with Crippen molar-refractivity contribution in [1.82, 2.24) is 10.2 Å². The number of thiophene rings is 1. The van der Waals surface area contributed by atoms with Crippen LogP contribution in [-0.2, 0) is 9.84 Å². The zero-order chi connectivity index (χ0) is 15.8. The number of nitrogens with zero attached hydrogens (tertiary/aromatic N) is 1. The van der Waals surface area contributed by atoms with E-state index >= 15 is 0 Å². The maximum Gasteiger partial charge on any atom is 0.180 e. The number of carbonyl (C=O) groups excluding carboxylic acids is 1. The molecule has 0 radical (unpaired) electrons. The fourth-order valence-electron chi connectivity index (χ4n) is 1.93. The molecule has 7 nitrogen and oxygen atoms in total. The van der Waals surface area contributed by atoms with Crippen LogP contribution in [0.3, 0.4) is 0 Å². The van der Waals surface area contributed by atoms with E-state index in [9.17, 15) is 13.2 Å². The fraction of sp³-hybridized carbons (Fsp3) is 0.333. The van der Waals surface area contributed by atoms with Gasteiger partial charge in [0.05, 0.1) is 22.8 Å². The first kappa shape index (κ1) is 15.5. The second kappa shape index (κ2) is 5.49. The fourth-order valence-corrected chi connectivity index (χ4v) is 4.47. The number of anilines is 2. The number of hydrogen-bond acceptors (Lipinski definition) is 7. The summed E-state index contributed by atoms with van der Waals surface area (Å²) in [6, 6.07) is -0.179. The maximum absolute atomic E-state index is 11.9. The van der Waals surface area contributed by atoms with E-state index in [4.69, 9.17) is 5.73 Å². The van der Waals surface area contributed by atoms with Crippen LogP contribution < -0.4 is 11.1 Å². The summed E-state index contributed by atoms with van der Waals surface area (Å²) in [6.45, 7) is 3.22. The number of rotatable bonds is 5. The first-order valence-corrected chi connectivity index (χ1v) is 8.81. The Bertz CT molecular complexity index is 763. The zero-order valence-electron chi connectivity index (χ0n) is 11.8. The third kappa shape index (κ3) is 3.08. The van der Waals surface area contributed by atoms with Crippen LogP contribution in [0.1, 0.15) is 35.1 Å². The minimum Gasteiger partial charge on any atom is -0.396 e. The van der Waals surface area contributed by atoms with Gasteiger partial charge < -0.3 is 11.1 Å². The van der Waals surface area contributed by atoms with Crippen molar-refractivity contribution in [2.75, 3.05) is 17.3 Å². The quantitative estimate of drug-likeness (QED) is 0.721. The molecule has 2 aromatic rings. The van der Waals surface area contributed by atoms with Gasteiger partial charge in [0, 0.05) is 24.9 Å². The van der Waals surface area contributed by atoms with Crippen LogP contribution in [0.5, 0.6) is 0 Å². The second-order valence-electron chi connectivity index (χ2n) is 4.73. The van der Waals surface area contributed by atoms with Gasteiger partial charge in [-0.25, -0.2) is 8.42 Å². The molecule has 0 amide bonds. The summed E-state index contributed by atoms with van der Waals surface area (Å²) in [4.78, 5) is 11.8. The van der Waals surface area contributed by atoms with Gasteiger partial charge in [-0.15, -0.1) is 11.3 Å². The van der Waals surface area contributed by atoms with Crippen LogP contribution in [0.4, 0.5) is 10.7 Å². The van der Waals surface area contributed by atoms with E-state index in [2.05, 4.69) is 15.5 Å². The van der Waals surface area contributed by atoms with Gasteiger partial charge in [-0.2, -0.15) is 5.10 Å². The van der Waals surface area contributed by atoms with Gasteiger partial charge in [0.15, 0.2) is 15.6 Å². The molecule has 114 valence electrons. The van der Waals surface area contributed by atoms with Crippen molar-refractivity contribution in [3.05, 3.63) is 22.8 Å².